The molecule has 27 heavy (non-hydrogen) atoms. The highest BCUT2D eigenvalue weighted by Gasteiger charge is 2.39. The van der Waals surface area contributed by atoms with Crippen LogP contribution in [0.3, 0.4) is 0 Å². The van der Waals surface area contributed by atoms with Gasteiger partial charge in [-0.3, -0.25) is 20.0 Å². The normalized spacial score (nSPS) is 14.9. The number of rotatable bonds is 4. The van der Waals surface area contributed by atoms with Crippen molar-refractivity contribution in [1.29, 1.82) is 0 Å². The summed E-state index contributed by atoms with van der Waals surface area (Å²) in [5.74, 6) is -0.771. The van der Waals surface area contributed by atoms with Crippen LogP contribution in [-0.4, -0.2) is 34.1 Å². The first-order valence-corrected chi connectivity index (χ1v) is 8.23. The molecule has 1 aromatic heterocycles. The highest BCUT2D eigenvalue weighted by atomic mass is 19.4. The molecule has 2 heterocycles. The fraction of sp³-hybridized carbons (Fsp3) is 0.375. The van der Waals surface area contributed by atoms with Crippen LogP contribution in [0, 0.1) is 10.1 Å². The van der Waals surface area contributed by atoms with Crippen LogP contribution in [0.4, 0.5) is 30.4 Å². The molecule has 1 saturated heterocycles. The van der Waals surface area contributed by atoms with E-state index in [9.17, 15) is 28.1 Å². The van der Waals surface area contributed by atoms with Gasteiger partial charge in [0.25, 0.3) is 11.6 Å². The summed E-state index contributed by atoms with van der Waals surface area (Å²) < 4.78 is 39.9. The predicted octanol–water partition coefficient (Wildman–Crippen LogP) is 3.58. The number of piperidine rings is 1. The number of alkyl halides is 3. The van der Waals surface area contributed by atoms with E-state index >= 15 is 0 Å². The minimum absolute atomic E-state index is 0.000446. The zero-order valence-corrected chi connectivity index (χ0v) is 14.0. The molecule has 2 aromatic rings. The number of H-pyrrole nitrogens is 1. The number of benzene rings is 1. The third-order valence-corrected chi connectivity index (χ3v) is 4.27. The number of non-ortho nitro benzene ring substituents is 1. The Morgan fingerprint density at radius 1 is 1.19 bits per heavy atom. The van der Waals surface area contributed by atoms with Crippen LogP contribution in [0.2, 0.25) is 0 Å². The number of nitro benzene ring substituents is 1. The van der Waals surface area contributed by atoms with Gasteiger partial charge in [0.05, 0.1) is 4.92 Å². The summed E-state index contributed by atoms with van der Waals surface area (Å²) >= 11 is 0. The molecule has 1 aromatic carbocycles. The molecular weight excluding hydrogens is 367 g/mol. The minimum atomic E-state index is -4.72. The van der Waals surface area contributed by atoms with Crippen LogP contribution in [0.25, 0.3) is 0 Å². The van der Waals surface area contributed by atoms with Gasteiger partial charge in [0, 0.05) is 30.8 Å². The van der Waals surface area contributed by atoms with Gasteiger partial charge >= 0.3 is 6.18 Å². The zero-order valence-electron chi connectivity index (χ0n) is 14.0. The molecule has 0 spiro atoms. The number of nitrogens with zero attached hydrogens (tertiary/aromatic N) is 3. The maximum absolute atomic E-state index is 13.3. The van der Waals surface area contributed by atoms with Crippen molar-refractivity contribution in [2.45, 2.75) is 25.4 Å². The molecule has 8 nitrogen and oxygen atoms in total. The number of aromatic nitrogens is 2. The van der Waals surface area contributed by atoms with E-state index in [4.69, 9.17) is 0 Å². The van der Waals surface area contributed by atoms with Crippen LogP contribution in [-0.2, 0) is 6.18 Å². The molecule has 0 saturated carbocycles. The van der Waals surface area contributed by atoms with Crippen molar-refractivity contribution in [2.75, 3.05) is 23.3 Å². The minimum Gasteiger partial charge on any atom is -0.353 e. The Morgan fingerprint density at radius 3 is 2.37 bits per heavy atom. The summed E-state index contributed by atoms with van der Waals surface area (Å²) in [4.78, 5) is 24.1. The van der Waals surface area contributed by atoms with Crippen molar-refractivity contribution < 1.29 is 22.9 Å². The van der Waals surface area contributed by atoms with E-state index in [1.807, 2.05) is 5.10 Å². The number of halogens is 3. The molecule has 1 fully saturated rings. The fourth-order valence-electron chi connectivity index (χ4n) is 2.91. The lowest BCUT2D eigenvalue weighted by atomic mass is 10.1. The molecule has 1 aliphatic rings. The Labute approximate surface area is 151 Å². The standard InChI is InChI=1S/C16H16F3N5O3/c17-16(18,19)13-12(14(22-21-13)23-8-2-1-3-9-23)20-15(25)10-4-6-11(7-5-10)24(26)27/h4-7H,1-3,8-9H2,(H,20,25)(H,21,22). The molecule has 3 rings (SSSR count). The third kappa shape index (κ3) is 4.01. The van der Waals surface area contributed by atoms with E-state index in [0.717, 1.165) is 31.4 Å². The number of nitrogens with one attached hydrogen (secondary N) is 2. The maximum Gasteiger partial charge on any atom is 0.434 e. The molecule has 144 valence electrons. The number of carbonyl (C=O) groups is 1. The van der Waals surface area contributed by atoms with Gasteiger partial charge in [0.1, 0.15) is 5.69 Å². The number of hydrogen-bond donors (Lipinski definition) is 2. The second-order valence-corrected chi connectivity index (χ2v) is 6.10. The van der Waals surface area contributed by atoms with Crippen molar-refractivity contribution in [3.05, 3.63) is 45.6 Å². The summed E-state index contributed by atoms with van der Waals surface area (Å²) in [5, 5.41) is 18.7. The first-order chi connectivity index (χ1) is 12.8. The summed E-state index contributed by atoms with van der Waals surface area (Å²) in [7, 11) is 0. The van der Waals surface area contributed by atoms with Gasteiger partial charge < -0.3 is 10.2 Å². The summed E-state index contributed by atoms with van der Waals surface area (Å²) in [6.07, 6.45) is -2.09. The second kappa shape index (κ2) is 7.25. The number of amides is 1. The smallest absolute Gasteiger partial charge is 0.353 e. The lowest BCUT2D eigenvalue weighted by Crippen LogP contribution is -2.31. The molecule has 0 radical (unpaired) electrons. The lowest BCUT2D eigenvalue weighted by molar-refractivity contribution is -0.384. The molecule has 0 aliphatic carbocycles. The van der Waals surface area contributed by atoms with Crippen LogP contribution in [0.15, 0.2) is 24.3 Å². The Bertz CT molecular complexity index is 842. The molecule has 2 N–H and O–H groups in total. The highest BCUT2D eigenvalue weighted by molar-refractivity contribution is 6.06. The molecule has 0 bridgehead atoms. The van der Waals surface area contributed by atoms with Crippen molar-refractivity contribution in [3.63, 3.8) is 0 Å². The van der Waals surface area contributed by atoms with Gasteiger partial charge in [0.2, 0.25) is 0 Å². The SMILES string of the molecule is O=C(Nc1c(N2CCCCC2)n[nH]c1C(F)(F)F)c1ccc([N+](=O)[O-])cc1. The number of nitro groups is 1. The van der Waals surface area contributed by atoms with Gasteiger partial charge in [-0.15, -0.1) is 0 Å². The number of anilines is 2. The molecule has 1 aliphatic heterocycles. The lowest BCUT2D eigenvalue weighted by Gasteiger charge is -2.27. The van der Waals surface area contributed by atoms with Crippen LogP contribution in [0.5, 0.6) is 0 Å². The van der Waals surface area contributed by atoms with E-state index < -0.39 is 28.4 Å². The average Bonchev–Trinajstić information content (AvgIpc) is 3.06. The highest BCUT2D eigenvalue weighted by Crippen LogP contribution is 2.39. The van der Waals surface area contributed by atoms with Crippen molar-refractivity contribution in [2.24, 2.45) is 0 Å². The van der Waals surface area contributed by atoms with E-state index in [1.54, 1.807) is 4.90 Å². The summed E-state index contributed by atoms with van der Waals surface area (Å²) in [6, 6.07) is 4.59. The molecule has 0 unspecified atom stereocenters. The largest absolute Gasteiger partial charge is 0.434 e. The van der Waals surface area contributed by atoms with Crippen molar-refractivity contribution >= 4 is 23.1 Å². The average molecular weight is 383 g/mol. The van der Waals surface area contributed by atoms with E-state index in [-0.39, 0.29) is 17.1 Å². The third-order valence-electron chi connectivity index (χ3n) is 4.27. The Balaban J connectivity index is 1.90. The maximum atomic E-state index is 13.3. The topological polar surface area (TPSA) is 104 Å². The van der Waals surface area contributed by atoms with Crippen molar-refractivity contribution in [3.8, 4) is 0 Å². The van der Waals surface area contributed by atoms with Crippen LogP contribution < -0.4 is 10.2 Å². The van der Waals surface area contributed by atoms with E-state index in [1.165, 1.54) is 12.1 Å². The summed E-state index contributed by atoms with van der Waals surface area (Å²) in [5.41, 5.74) is -1.80. The fourth-order valence-corrected chi connectivity index (χ4v) is 2.91. The monoisotopic (exact) mass is 383 g/mol. The summed E-state index contributed by atoms with van der Waals surface area (Å²) in [6.45, 7) is 1.09. The molecular formula is C16H16F3N5O3. The van der Waals surface area contributed by atoms with Gasteiger partial charge in [-0.25, -0.2) is 0 Å². The molecule has 0 atom stereocenters. The Kier molecular flexibility index (Phi) is 5.02. The van der Waals surface area contributed by atoms with E-state index in [0.29, 0.717) is 13.1 Å². The van der Waals surface area contributed by atoms with Gasteiger partial charge in [-0.2, -0.15) is 18.3 Å². The van der Waals surface area contributed by atoms with Crippen molar-refractivity contribution in [1.82, 2.24) is 10.2 Å². The van der Waals surface area contributed by atoms with Gasteiger partial charge in [-0.05, 0) is 31.4 Å². The zero-order chi connectivity index (χ0) is 19.6. The first-order valence-electron chi connectivity index (χ1n) is 8.23. The number of hydrogen-bond acceptors (Lipinski definition) is 5. The van der Waals surface area contributed by atoms with Gasteiger partial charge in [-0.1, -0.05) is 0 Å². The number of carbonyl (C=O) groups excluding carboxylic acids is 1. The quantitative estimate of drug-likeness (QED) is 0.620. The molecule has 11 heteroatoms. The Morgan fingerprint density at radius 2 is 1.81 bits per heavy atom. The van der Waals surface area contributed by atoms with Crippen LogP contribution >= 0.6 is 0 Å². The second-order valence-electron chi connectivity index (χ2n) is 6.10. The van der Waals surface area contributed by atoms with Crippen LogP contribution in [0.1, 0.15) is 35.3 Å². The molecule has 1 amide bonds. The predicted molar refractivity (Wildman–Crippen MR) is 90.7 cm³/mol. The number of aromatic amines is 1. The van der Waals surface area contributed by atoms with E-state index in [2.05, 4.69) is 10.4 Å². The Hall–Kier alpha value is -3.11. The van der Waals surface area contributed by atoms with Gasteiger partial charge in [0.15, 0.2) is 11.5 Å². The first kappa shape index (κ1) is 18.7.